The molecule has 0 saturated heterocycles. The van der Waals surface area contributed by atoms with E-state index in [2.05, 4.69) is 33.6 Å². The molecule has 2 heterocycles. The van der Waals surface area contributed by atoms with Crippen LogP contribution in [0.5, 0.6) is 0 Å². The van der Waals surface area contributed by atoms with Crippen molar-refractivity contribution in [3.63, 3.8) is 0 Å². The normalized spacial score (nSPS) is 11.1. The zero-order chi connectivity index (χ0) is 12.3. The number of aryl methyl sites for hydroxylation is 1. The SMILES string of the molecule is CC(C)c1nsc(NCCc2cnn(C)c2)n1. The second-order valence-corrected chi connectivity index (χ2v) is 5.06. The van der Waals surface area contributed by atoms with E-state index in [0.29, 0.717) is 5.92 Å². The lowest BCUT2D eigenvalue weighted by atomic mass is 10.2. The minimum Gasteiger partial charge on any atom is -0.360 e. The van der Waals surface area contributed by atoms with Crippen LogP contribution in [-0.4, -0.2) is 25.7 Å². The van der Waals surface area contributed by atoms with Crippen molar-refractivity contribution in [2.24, 2.45) is 7.05 Å². The molecule has 2 rings (SSSR count). The lowest BCUT2D eigenvalue weighted by Crippen LogP contribution is -2.04. The summed E-state index contributed by atoms with van der Waals surface area (Å²) < 4.78 is 6.11. The molecule has 0 unspecified atom stereocenters. The van der Waals surface area contributed by atoms with Gasteiger partial charge in [-0.05, 0) is 12.0 Å². The number of hydrogen-bond donors (Lipinski definition) is 1. The predicted molar refractivity (Wildman–Crippen MR) is 69.4 cm³/mol. The lowest BCUT2D eigenvalue weighted by molar-refractivity contribution is 0.766. The molecule has 0 bridgehead atoms. The van der Waals surface area contributed by atoms with Crippen LogP contribution < -0.4 is 5.32 Å². The lowest BCUT2D eigenvalue weighted by Gasteiger charge is -1.99. The van der Waals surface area contributed by atoms with Crippen molar-refractivity contribution < 1.29 is 0 Å². The van der Waals surface area contributed by atoms with Crippen LogP contribution in [0.3, 0.4) is 0 Å². The number of aromatic nitrogens is 4. The van der Waals surface area contributed by atoms with Crippen LogP contribution in [-0.2, 0) is 13.5 Å². The number of rotatable bonds is 5. The Balaban J connectivity index is 1.81. The quantitative estimate of drug-likeness (QED) is 0.883. The van der Waals surface area contributed by atoms with Crippen molar-refractivity contribution in [1.29, 1.82) is 0 Å². The molecular formula is C11H17N5S. The first kappa shape index (κ1) is 12.0. The van der Waals surface area contributed by atoms with E-state index in [0.717, 1.165) is 23.9 Å². The number of anilines is 1. The molecule has 92 valence electrons. The summed E-state index contributed by atoms with van der Waals surface area (Å²) in [5.41, 5.74) is 1.23. The Kier molecular flexibility index (Phi) is 3.73. The summed E-state index contributed by atoms with van der Waals surface area (Å²) >= 11 is 1.43. The smallest absolute Gasteiger partial charge is 0.202 e. The molecule has 0 aromatic carbocycles. The van der Waals surface area contributed by atoms with E-state index in [1.54, 1.807) is 0 Å². The molecule has 0 radical (unpaired) electrons. The van der Waals surface area contributed by atoms with E-state index in [1.807, 2.05) is 24.1 Å². The molecule has 2 aromatic heterocycles. The zero-order valence-electron chi connectivity index (χ0n) is 10.3. The molecule has 1 N–H and O–H groups in total. The van der Waals surface area contributed by atoms with Gasteiger partial charge >= 0.3 is 0 Å². The van der Waals surface area contributed by atoms with Crippen molar-refractivity contribution in [2.75, 3.05) is 11.9 Å². The third-order valence-corrected chi connectivity index (χ3v) is 3.09. The highest BCUT2D eigenvalue weighted by molar-refractivity contribution is 7.09. The molecular weight excluding hydrogens is 234 g/mol. The largest absolute Gasteiger partial charge is 0.360 e. The minimum atomic E-state index is 0.389. The van der Waals surface area contributed by atoms with Crippen molar-refractivity contribution in [3.05, 3.63) is 23.8 Å². The first-order valence-electron chi connectivity index (χ1n) is 5.70. The number of nitrogens with zero attached hydrogens (tertiary/aromatic N) is 4. The second-order valence-electron chi connectivity index (χ2n) is 4.31. The maximum atomic E-state index is 4.42. The molecule has 0 fully saturated rings. The number of hydrogen-bond acceptors (Lipinski definition) is 5. The van der Waals surface area contributed by atoms with Gasteiger partial charge in [0.1, 0.15) is 5.82 Å². The van der Waals surface area contributed by atoms with Gasteiger partial charge in [-0.3, -0.25) is 4.68 Å². The maximum absolute atomic E-state index is 4.42. The summed E-state index contributed by atoms with van der Waals surface area (Å²) in [5.74, 6) is 1.30. The van der Waals surface area contributed by atoms with E-state index in [-0.39, 0.29) is 0 Å². The fourth-order valence-electron chi connectivity index (χ4n) is 1.46. The summed E-state index contributed by atoms with van der Waals surface area (Å²) in [6.07, 6.45) is 4.87. The standard InChI is InChI=1S/C11H17N5S/c1-8(2)10-14-11(17-15-10)12-5-4-9-6-13-16(3)7-9/h6-8H,4-5H2,1-3H3,(H,12,14,15). The van der Waals surface area contributed by atoms with Gasteiger partial charge < -0.3 is 5.32 Å². The van der Waals surface area contributed by atoms with E-state index < -0.39 is 0 Å². The fraction of sp³-hybridized carbons (Fsp3) is 0.545. The van der Waals surface area contributed by atoms with Gasteiger partial charge in [0.25, 0.3) is 0 Å². The maximum Gasteiger partial charge on any atom is 0.202 e. The fourth-order valence-corrected chi connectivity index (χ4v) is 2.19. The average molecular weight is 251 g/mol. The third-order valence-electron chi connectivity index (χ3n) is 2.41. The topological polar surface area (TPSA) is 55.6 Å². The highest BCUT2D eigenvalue weighted by Crippen LogP contribution is 2.17. The Hall–Kier alpha value is -1.43. The van der Waals surface area contributed by atoms with Crippen LogP contribution in [0.1, 0.15) is 31.2 Å². The van der Waals surface area contributed by atoms with Crippen LogP contribution in [0, 0.1) is 0 Å². The van der Waals surface area contributed by atoms with Crippen LogP contribution in [0.4, 0.5) is 5.13 Å². The Labute approximate surface area is 105 Å². The van der Waals surface area contributed by atoms with Gasteiger partial charge in [-0.15, -0.1) is 0 Å². The molecule has 5 nitrogen and oxygen atoms in total. The Bertz CT molecular complexity index is 474. The van der Waals surface area contributed by atoms with Gasteiger partial charge in [0.15, 0.2) is 0 Å². The summed E-state index contributed by atoms with van der Waals surface area (Å²) in [7, 11) is 1.93. The summed E-state index contributed by atoms with van der Waals surface area (Å²) in [5, 5.41) is 8.32. The first-order valence-corrected chi connectivity index (χ1v) is 6.47. The molecule has 0 aliphatic rings. The molecule has 0 saturated carbocycles. The van der Waals surface area contributed by atoms with Gasteiger partial charge in [-0.1, -0.05) is 13.8 Å². The van der Waals surface area contributed by atoms with Gasteiger partial charge in [0.05, 0.1) is 6.20 Å². The van der Waals surface area contributed by atoms with Gasteiger partial charge in [0, 0.05) is 37.2 Å². The van der Waals surface area contributed by atoms with E-state index in [9.17, 15) is 0 Å². The van der Waals surface area contributed by atoms with E-state index in [1.165, 1.54) is 17.1 Å². The van der Waals surface area contributed by atoms with Crippen molar-refractivity contribution in [2.45, 2.75) is 26.2 Å². The predicted octanol–water partition coefficient (Wildman–Crippen LogP) is 2.05. The summed E-state index contributed by atoms with van der Waals surface area (Å²) in [6.45, 7) is 5.06. The molecule has 0 aliphatic carbocycles. The molecule has 0 aliphatic heterocycles. The first-order chi connectivity index (χ1) is 8.15. The minimum absolute atomic E-state index is 0.389. The van der Waals surface area contributed by atoms with Crippen molar-refractivity contribution in [3.8, 4) is 0 Å². The molecule has 2 aromatic rings. The summed E-state index contributed by atoms with van der Waals surface area (Å²) in [4.78, 5) is 4.42. The van der Waals surface area contributed by atoms with Crippen molar-refractivity contribution in [1.82, 2.24) is 19.1 Å². The van der Waals surface area contributed by atoms with Crippen molar-refractivity contribution >= 4 is 16.7 Å². The van der Waals surface area contributed by atoms with Gasteiger partial charge in [-0.2, -0.15) is 9.47 Å². The van der Waals surface area contributed by atoms with Crippen LogP contribution in [0.25, 0.3) is 0 Å². The second kappa shape index (κ2) is 5.27. The summed E-state index contributed by atoms with van der Waals surface area (Å²) in [6, 6.07) is 0. The van der Waals surface area contributed by atoms with Gasteiger partial charge in [-0.25, -0.2) is 4.98 Å². The monoisotopic (exact) mass is 251 g/mol. The Morgan fingerprint density at radius 2 is 2.29 bits per heavy atom. The highest BCUT2D eigenvalue weighted by atomic mass is 32.1. The highest BCUT2D eigenvalue weighted by Gasteiger charge is 2.06. The molecule has 6 heteroatoms. The van der Waals surface area contributed by atoms with Crippen LogP contribution in [0.15, 0.2) is 12.4 Å². The van der Waals surface area contributed by atoms with Gasteiger partial charge in [0.2, 0.25) is 5.13 Å². The van der Waals surface area contributed by atoms with E-state index in [4.69, 9.17) is 0 Å². The molecule has 0 spiro atoms. The molecule has 17 heavy (non-hydrogen) atoms. The third kappa shape index (κ3) is 3.26. The van der Waals surface area contributed by atoms with E-state index >= 15 is 0 Å². The Morgan fingerprint density at radius 3 is 2.88 bits per heavy atom. The van der Waals surface area contributed by atoms with Crippen LogP contribution >= 0.6 is 11.5 Å². The molecule has 0 atom stereocenters. The average Bonchev–Trinajstić information content (AvgIpc) is 2.88. The molecule has 0 amide bonds. The Morgan fingerprint density at radius 1 is 1.47 bits per heavy atom. The number of nitrogens with one attached hydrogen (secondary N) is 1. The van der Waals surface area contributed by atoms with Crippen LogP contribution in [0.2, 0.25) is 0 Å². The zero-order valence-corrected chi connectivity index (χ0v) is 11.2.